The van der Waals surface area contributed by atoms with E-state index in [1.54, 1.807) is 0 Å². The molecule has 0 saturated carbocycles. The van der Waals surface area contributed by atoms with Gasteiger partial charge in [-0.05, 0) is 17.7 Å². The predicted molar refractivity (Wildman–Crippen MR) is 46.5 cm³/mol. The zero-order valence-electron chi connectivity index (χ0n) is 6.46. The van der Waals surface area contributed by atoms with E-state index in [1.165, 1.54) is 24.3 Å². The molecule has 0 aliphatic carbocycles. The number of benzene rings is 1. The van der Waals surface area contributed by atoms with Crippen LogP contribution < -0.4 is 10.6 Å². The SMILES string of the molecule is NCc1cccc(N2CC2)c1. The molecule has 0 aromatic heterocycles. The lowest BCUT2D eigenvalue weighted by atomic mass is 10.2. The van der Waals surface area contributed by atoms with Gasteiger partial charge in [0, 0.05) is 25.3 Å². The Kier molecular flexibility index (Phi) is 1.55. The van der Waals surface area contributed by atoms with Gasteiger partial charge in [-0.1, -0.05) is 12.1 Å². The summed E-state index contributed by atoms with van der Waals surface area (Å²) in [7, 11) is 0. The van der Waals surface area contributed by atoms with Crippen LogP contribution in [-0.4, -0.2) is 13.1 Å². The first-order chi connectivity index (χ1) is 5.40. The molecule has 2 nitrogen and oxygen atoms in total. The molecule has 1 aliphatic heterocycles. The van der Waals surface area contributed by atoms with Gasteiger partial charge in [-0.15, -0.1) is 0 Å². The highest BCUT2D eigenvalue weighted by Crippen LogP contribution is 2.21. The lowest BCUT2D eigenvalue weighted by Gasteiger charge is -2.03. The minimum Gasteiger partial charge on any atom is -0.368 e. The molecule has 2 rings (SSSR count). The van der Waals surface area contributed by atoms with Crippen LogP contribution in [-0.2, 0) is 6.54 Å². The molecular formula is C9H12N2. The van der Waals surface area contributed by atoms with Crippen LogP contribution in [0.4, 0.5) is 5.69 Å². The Morgan fingerprint density at radius 2 is 2.18 bits per heavy atom. The van der Waals surface area contributed by atoms with Gasteiger partial charge in [0.05, 0.1) is 0 Å². The average molecular weight is 148 g/mol. The molecule has 0 spiro atoms. The quantitative estimate of drug-likeness (QED) is 0.633. The van der Waals surface area contributed by atoms with Crippen molar-refractivity contribution in [2.75, 3.05) is 18.0 Å². The molecule has 11 heavy (non-hydrogen) atoms. The first kappa shape index (κ1) is 6.68. The van der Waals surface area contributed by atoms with Crippen LogP contribution in [0, 0.1) is 0 Å². The Labute approximate surface area is 66.6 Å². The Morgan fingerprint density at radius 3 is 2.82 bits per heavy atom. The topological polar surface area (TPSA) is 29.0 Å². The van der Waals surface area contributed by atoms with Gasteiger partial charge in [-0.2, -0.15) is 0 Å². The zero-order valence-corrected chi connectivity index (χ0v) is 6.46. The minimum absolute atomic E-state index is 0.641. The van der Waals surface area contributed by atoms with Gasteiger partial charge in [0.1, 0.15) is 0 Å². The summed E-state index contributed by atoms with van der Waals surface area (Å²) in [5.41, 5.74) is 8.05. The molecule has 0 radical (unpaired) electrons. The standard InChI is InChI=1S/C9H12N2/c10-7-8-2-1-3-9(6-8)11-4-5-11/h1-3,6H,4-5,7,10H2. The van der Waals surface area contributed by atoms with E-state index in [4.69, 9.17) is 5.73 Å². The zero-order chi connectivity index (χ0) is 7.68. The van der Waals surface area contributed by atoms with Gasteiger partial charge in [0.2, 0.25) is 0 Å². The Bertz CT molecular complexity index is 253. The van der Waals surface area contributed by atoms with Gasteiger partial charge < -0.3 is 10.6 Å². The predicted octanol–water partition coefficient (Wildman–Crippen LogP) is 0.965. The van der Waals surface area contributed by atoms with E-state index in [2.05, 4.69) is 29.2 Å². The molecule has 0 amide bonds. The summed E-state index contributed by atoms with van der Waals surface area (Å²) in [5.74, 6) is 0. The van der Waals surface area contributed by atoms with Crippen LogP contribution in [0.1, 0.15) is 5.56 Å². The van der Waals surface area contributed by atoms with E-state index >= 15 is 0 Å². The van der Waals surface area contributed by atoms with Crippen molar-refractivity contribution in [3.8, 4) is 0 Å². The first-order valence-corrected chi connectivity index (χ1v) is 3.94. The molecule has 1 aliphatic rings. The van der Waals surface area contributed by atoms with Gasteiger partial charge in [-0.3, -0.25) is 0 Å². The highest BCUT2D eigenvalue weighted by molar-refractivity contribution is 5.52. The van der Waals surface area contributed by atoms with Crippen LogP contribution in [0.2, 0.25) is 0 Å². The van der Waals surface area contributed by atoms with E-state index < -0.39 is 0 Å². The Balaban J connectivity index is 2.26. The average Bonchev–Trinajstić information content (AvgIpc) is 2.87. The number of hydrogen-bond acceptors (Lipinski definition) is 2. The van der Waals surface area contributed by atoms with E-state index in [9.17, 15) is 0 Å². The van der Waals surface area contributed by atoms with E-state index in [1.807, 2.05) is 0 Å². The van der Waals surface area contributed by atoms with Crippen LogP contribution in [0.5, 0.6) is 0 Å². The first-order valence-electron chi connectivity index (χ1n) is 3.94. The van der Waals surface area contributed by atoms with Crippen LogP contribution >= 0.6 is 0 Å². The summed E-state index contributed by atoms with van der Waals surface area (Å²) in [6.07, 6.45) is 0. The van der Waals surface area contributed by atoms with Crippen molar-refractivity contribution >= 4 is 5.69 Å². The number of rotatable bonds is 2. The molecule has 1 aromatic carbocycles. The van der Waals surface area contributed by atoms with Gasteiger partial charge in [0.15, 0.2) is 0 Å². The summed E-state index contributed by atoms with van der Waals surface area (Å²) in [6, 6.07) is 8.42. The van der Waals surface area contributed by atoms with Gasteiger partial charge >= 0.3 is 0 Å². The molecule has 2 heteroatoms. The summed E-state index contributed by atoms with van der Waals surface area (Å²) < 4.78 is 0. The smallest absolute Gasteiger partial charge is 0.0370 e. The summed E-state index contributed by atoms with van der Waals surface area (Å²) >= 11 is 0. The van der Waals surface area contributed by atoms with Crippen molar-refractivity contribution in [3.05, 3.63) is 29.8 Å². The van der Waals surface area contributed by atoms with Crippen LogP contribution in [0.3, 0.4) is 0 Å². The fourth-order valence-corrected chi connectivity index (χ4v) is 1.19. The van der Waals surface area contributed by atoms with Crippen molar-refractivity contribution in [1.29, 1.82) is 0 Å². The molecule has 1 saturated heterocycles. The van der Waals surface area contributed by atoms with Crippen LogP contribution in [0.25, 0.3) is 0 Å². The van der Waals surface area contributed by atoms with Crippen molar-refractivity contribution < 1.29 is 0 Å². The van der Waals surface area contributed by atoms with Gasteiger partial charge in [-0.25, -0.2) is 0 Å². The van der Waals surface area contributed by atoms with E-state index in [-0.39, 0.29) is 0 Å². The lowest BCUT2D eigenvalue weighted by Crippen LogP contribution is -1.97. The molecule has 2 N–H and O–H groups in total. The minimum atomic E-state index is 0.641. The molecule has 58 valence electrons. The number of anilines is 1. The van der Waals surface area contributed by atoms with Gasteiger partial charge in [0.25, 0.3) is 0 Å². The van der Waals surface area contributed by atoms with Crippen molar-refractivity contribution in [2.24, 2.45) is 5.73 Å². The van der Waals surface area contributed by atoms with E-state index in [0.717, 1.165) is 0 Å². The Hall–Kier alpha value is -1.02. The third kappa shape index (κ3) is 1.35. The fourth-order valence-electron chi connectivity index (χ4n) is 1.19. The second-order valence-corrected chi connectivity index (χ2v) is 2.86. The highest BCUT2D eigenvalue weighted by Gasteiger charge is 2.17. The second kappa shape index (κ2) is 2.55. The second-order valence-electron chi connectivity index (χ2n) is 2.86. The monoisotopic (exact) mass is 148 g/mol. The van der Waals surface area contributed by atoms with Crippen LogP contribution in [0.15, 0.2) is 24.3 Å². The number of hydrogen-bond donors (Lipinski definition) is 1. The third-order valence-electron chi connectivity index (χ3n) is 1.96. The fraction of sp³-hybridized carbons (Fsp3) is 0.333. The molecule has 0 unspecified atom stereocenters. The molecule has 0 bridgehead atoms. The normalized spacial score (nSPS) is 15.2. The number of nitrogens with two attached hydrogens (primary N) is 1. The third-order valence-corrected chi connectivity index (χ3v) is 1.96. The molecule has 0 atom stereocenters. The largest absolute Gasteiger partial charge is 0.368 e. The maximum absolute atomic E-state index is 5.52. The van der Waals surface area contributed by atoms with Crippen molar-refractivity contribution in [1.82, 2.24) is 0 Å². The van der Waals surface area contributed by atoms with Crippen molar-refractivity contribution in [3.63, 3.8) is 0 Å². The summed E-state index contributed by atoms with van der Waals surface area (Å²) in [6.45, 7) is 3.05. The van der Waals surface area contributed by atoms with E-state index in [0.29, 0.717) is 6.54 Å². The highest BCUT2D eigenvalue weighted by atomic mass is 15.3. The lowest BCUT2D eigenvalue weighted by molar-refractivity contribution is 1.07. The summed E-state index contributed by atoms with van der Waals surface area (Å²) in [5, 5.41) is 0. The molecule has 1 aromatic rings. The maximum atomic E-state index is 5.52. The molecule has 1 heterocycles. The maximum Gasteiger partial charge on any atom is 0.0370 e. The molecule has 1 fully saturated rings. The number of nitrogens with zero attached hydrogens (tertiary/aromatic N) is 1. The van der Waals surface area contributed by atoms with Crippen molar-refractivity contribution in [2.45, 2.75) is 6.54 Å². The summed E-state index contributed by atoms with van der Waals surface area (Å²) in [4.78, 5) is 2.32. The molecular weight excluding hydrogens is 136 g/mol. The Morgan fingerprint density at radius 1 is 1.36 bits per heavy atom.